The van der Waals surface area contributed by atoms with Crippen LogP contribution in [0.25, 0.3) is 0 Å². The Morgan fingerprint density at radius 2 is 2.47 bits per heavy atom. The number of hydrogen-bond acceptors (Lipinski definition) is 6. The zero-order valence-corrected chi connectivity index (χ0v) is 10.3. The number of anilines is 1. The van der Waals surface area contributed by atoms with Gasteiger partial charge in [-0.3, -0.25) is 4.90 Å². The summed E-state index contributed by atoms with van der Waals surface area (Å²) in [4.78, 5) is 14.7. The summed E-state index contributed by atoms with van der Waals surface area (Å²) in [5.41, 5.74) is 7.36. The summed E-state index contributed by atoms with van der Waals surface area (Å²) in [6.07, 6.45) is 0.745. The van der Waals surface area contributed by atoms with Crippen molar-refractivity contribution in [2.75, 3.05) is 25.9 Å². The highest BCUT2D eigenvalue weighted by Gasteiger charge is 2.27. The van der Waals surface area contributed by atoms with Crippen molar-refractivity contribution in [2.45, 2.75) is 13.0 Å². The minimum absolute atomic E-state index is 0.367. The Labute approximate surface area is 103 Å². The lowest BCUT2D eigenvalue weighted by molar-refractivity contribution is 0.0600. The quantitative estimate of drug-likeness (QED) is 0.626. The topological polar surface area (TPSA) is 79.3 Å². The summed E-state index contributed by atoms with van der Waals surface area (Å²) < 4.78 is 4.74. The first-order chi connectivity index (χ1) is 8.17. The third kappa shape index (κ3) is 2.12. The molecule has 17 heavy (non-hydrogen) atoms. The van der Waals surface area contributed by atoms with Gasteiger partial charge in [-0.05, 0) is 12.0 Å². The van der Waals surface area contributed by atoms with Crippen LogP contribution >= 0.6 is 11.3 Å². The van der Waals surface area contributed by atoms with E-state index in [-0.39, 0.29) is 5.97 Å². The van der Waals surface area contributed by atoms with Crippen LogP contribution in [0.15, 0.2) is 0 Å². The molecule has 0 spiro atoms. The fourth-order valence-electron chi connectivity index (χ4n) is 2.04. The molecule has 6 heteroatoms. The molecular weight excluding hydrogens is 238 g/mol. The number of nitrogens with two attached hydrogens (primary N) is 1. The fraction of sp³-hybridized carbons (Fsp3) is 0.455. The Balaban J connectivity index is 2.31. The average molecular weight is 251 g/mol. The second-order valence-corrected chi connectivity index (χ2v) is 4.99. The molecule has 0 unspecified atom stereocenters. The Hall–Kier alpha value is -1.58. The molecule has 0 amide bonds. The van der Waals surface area contributed by atoms with Gasteiger partial charge < -0.3 is 10.5 Å². The summed E-state index contributed by atoms with van der Waals surface area (Å²) in [6, 6.07) is 2.13. The van der Waals surface area contributed by atoms with Crippen LogP contribution in [0.5, 0.6) is 0 Å². The summed E-state index contributed by atoms with van der Waals surface area (Å²) >= 11 is 1.42. The molecule has 5 nitrogen and oxygen atoms in total. The van der Waals surface area contributed by atoms with Crippen LogP contribution in [0.4, 0.5) is 5.00 Å². The maximum absolute atomic E-state index is 11.6. The lowest BCUT2D eigenvalue weighted by Gasteiger charge is -2.24. The van der Waals surface area contributed by atoms with E-state index in [4.69, 9.17) is 15.7 Å². The smallest absolute Gasteiger partial charge is 0.341 e. The van der Waals surface area contributed by atoms with E-state index < -0.39 is 0 Å². The van der Waals surface area contributed by atoms with Crippen molar-refractivity contribution < 1.29 is 9.53 Å². The number of thiophene rings is 1. The molecule has 0 saturated heterocycles. The van der Waals surface area contributed by atoms with Gasteiger partial charge in [-0.2, -0.15) is 5.26 Å². The van der Waals surface area contributed by atoms with E-state index >= 15 is 0 Å². The van der Waals surface area contributed by atoms with Crippen molar-refractivity contribution in [1.29, 1.82) is 5.26 Å². The van der Waals surface area contributed by atoms with Crippen LogP contribution in [-0.2, 0) is 17.7 Å². The van der Waals surface area contributed by atoms with E-state index in [1.807, 2.05) is 4.90 Å². The average Bonchev–Trinajstić information content (AvgIpc) is 2.64. The molecule has 1 aromatic heterocycles. The third-order valence-corrected chi connectivity index (χ3v) is 3.89. The number of methoxy groups -OCH3 is 1. The molecule has 1 aliphatic heterocycles. The molecule has 0 radical (unpaired) electrons. The molecule has 0 aromatic carbocycles. The molecule has 90 valence electrons. The molecule has 0 fully saturated rings. The first kappa shape index (κ1) is 11.9. The van der Waals surface area contributed by atoms with Crippen molar-refractivity contribution in [3.63, 3.8) is 0 Å². The molecule has 2 rings (SSSR count). The number of carbonyl (C=O) groups is 1. The number of fused-ring (bicyclic) bond motifs is 1. The van der Waals surface area contributed by atoms with Gasteiger partial charge in [0.25, 0.3) is 0 Å². The molecular formula is C11H13N3O2S. The van der Waals surface area contributed by atoms with Crippen LogP contribution in [0, 0.1) is 11.3 Å². The monoisotopic (exact) mass is 251 g/mol. The maximum Gasteiger partial charge on any atom is 0.341 e. The predicted octanol–water partition coefficient (Wildman–Crippen LogP) is 0.999. The second kappa shape index (κ2) is 4.73. The second-order valence-electron chi connectivity index (χ2n) is 3.85. The van der Waals surface area contributed by atoms with E-state index in [1.165, 1.54) is 18.4 Å². The highest BCUT2D eigenvalue weighted by Crippen LogP contribution is 2.35. The predicted molar refractivity (Wildman–Crippen MR) is 64.7 cm³/mol. The molecule has 0 aliphatic carbocycles. The third-order valence-electron chi connectivity index (χ3n) is 2.85. The highest BCUT2D eigenvalue weighted by atomic mass is 32.1. The van der Waals surface area contributed by atoms with Crippen LogP contribution < -0.4 is 5.73 Å². The number of nitrogen functional groups attached to an aromatic ring is 1. The lowest BCUT2D eigenvalue weighted by atomic mass is 10.0. The van der Waals surface area contributed by atoms with Gasteiger partial charge in [-0.25, -0.2) is 4.79 Å². The molecule has 0 atom stereocenters. The van der Waals surface area contributed by atoms with Gasteiger partial charge in [-0.1, -0.05) is 0 Å². The summed E-state index contributed by atoms with van der Waals surface area (Å²) in [7, 11) is 1.36. The first-order valence-corrected chi connectivity index (χ1v) is 6.06. The van der Waals surface area contributed by atoms with Gasteiger partial charge in [0.05, 0.1) is 25.3 Å². The van der Waals surface area contributed by atoms with Crippen molar-refractivity contribution in [3.8, 4) is 6.07 Å². The van der Waals surface area contributed by atoms with Crippen molar-refractivity contribution in [3.05, 3.63) is 16.0 Å². The van der Waals surface area contributed by atoms with Gasteiger partial charge in [-0.15, -0.1) is 11.3 Å². The molecule has 0 saturated carbocycles. The first-order valence-electron chi connectivity index (χ1n) is 5.25. The number of hydrogen-bond donors (Lipinski definition) is 1. The van der Waals surface area contributed by atoms with E-state index in [0.717, 1.165) is 23.4 Å². The van der Waals surface area contributed by atoms with Gasteiger partial charge in [0, 0.05) is 18.0 Å². The minimum atomic E-state index is -0.367. The van der Waals surface area contributed by atoms with Crippen molar-refractivity contribution in [2.24, 2.45) is 0 Å². The summed E-state index contributed by atoms with van der Waals surface area (Å²) in [6.45, 7) is 1.88. The molecule has 2 N–H and O–H groups in total. The Morgan fingerprint density at radius 3 is 3.12 bits per heavy atom. The van der Waals surface area contributed by atoms with Gasteiger partial charge in [0.1, 0.15) is 5.00 Å². The highest BCUT2D eigenvalue weighted by molar-refractivity contribution is 7.16. The van der Waals surface area contributed by atoms with E-state index in [2.05, 4.69) is 6.07 Å². The molecule has 0 bridgehead atoms. The number of carbonyl (C=O) groups excluding carboxylic acids is 1. The Bertz CT molecular complexity index is 490. The zero-order chi connectivity index (χ0) is 12.4. The largest absolute Gasteiger partial charge is 0.465 e. The van der Waals surface area contributed by atoms with Gasteiger partial charge in [0.15, 0.2) is 0 Å². The van der Waals surface area contributed by atoms with Crippen LogP contribution in [0.1, 0.15) is 20.8 Å². The van der Waals surface area contributed by atoms with Crippen LogP contribution in [0.2, 0.25) is 0 Å². The molecule has 1 aliphatic rings. The number of nitrogens with zero attached hydrogens (tertiary/aromatic N) is 2. The number of rotatable bonds is 2. The summed E-state index contributed by atoms with van der Waals surface area (Å²) in [5, 5.41) is 9.18. The normalized spacial score (nSPS) is 15.1. The fourth-order valence-corrected chi connectivity index (χ4v) is 3.19. The molecule has 2 heterocycles. The zero-order valence-electron chi connectivity index (χ0n) is 9.52. The van der Waals surface area contributed by atoms with E-state index in [0.29, 0.717) is 23.7 Å². The number of ether oxygens (including phenoxy) is 1. The van der Waals surface area contributed by atoms with Crippen molar-refractivity contribution in [1.82, 2.24) is 4.90 Å². The van der Waals surface area contributed by atoms with E-state index in [1.54, 1.807) is 0 Å². The van der Waals surface area contributed by atoms with Gasteiger partial charge in [0.2, 0.25) is 0 Å². The Kier molecular flexibility index (Phi) is 3.31. The van der Waals surface area contributed by atoms with Crippen molar-refractivity contribution >= 4 is 22.3 Å². The maximum atomic E-state index is 11.6. The number of nitriles is 1. The standard InChI is InChI=1S/C11H13N3O2S/c1-16-11(15)9-7-2-4-14(5-3-12)6-8(7)17-10(9)13/h2,4-6,13H2,1H3. The number of esters is 1. The van der Waals surface area contributed by atoms with Gasteiger partial charge >= 0.3 is 5.97 Å². The van der Waals surface area contributed by atoms with Crippen LogP contribution in [0.3, 0.4) is 0 Å². The minimum Gasteiger partial charge on any atom is -0.465 e. The summed E-state index contributed by atoms with van der Waals surface area (Å²) in [5.74, 6) is -0.367. The van der Waals surface area contributed by atoms with E-state index in [9.17, 15) is 4.79 Å². The SMILES string of the molecule is COC(=O)c1c(N)sc2c1CCN(CC#N)C2. The molecule has 1 aromatic rings. The Morgan fingerprint density at radius 1 is 1.71 bits per heavy atom. The van der Waals surface area contributed by atoms with Crippen LogP contribution in [-0.4, -0.2) is 31.1 Å². The lowest BCUT2D eigenvalue weighted by Crippen LogP contribution is -2.30.